The smallest absolute Gasteiger partial charge is 0.308 e. The number of esters is 1. The van der Waals surface area contributed by atoms with Crippen molar-refractivity contribution < 1.29 is 18.3 Å². The van der Waals surface area contributed by atoms with Crippen LogP contribution in [0.25, 0.3) is 0 Å². The lowest BCUT2D eigenvalue weighted by Gasteiger charge is -2.23. The number of anilines is 3. The van der Waals surface area contributed by atoms with E-state index in [-0.39, 0.29) is 28.8 Å². The molecule has 2 atom stereocenters. The molecule has 36 heavy (non-hydrogen) atoms. The van der Waals surface area contributed by atoms with E-state index in [1.54, 1.807) is 13.8 Å². The van der Waals surface area contributed by atoms with Gasteiger partial charge in [-0.05, 0) is 63.9 Å². The summed E-state index contributed by atoms with van der Waals surface area (Å²) < 4.78 is 33.1. The average molecular weight is 518 g/mol. The first kappa shape index (κ1) is 27.7. The number of nitriles is 1. The van der Waals surface area contributed by atoms with E-state index in [4.69, 9.17) is 4.74 Å². The van der Waals surface area contributed by atoms with E-state index in [2.05, 4.69) is 15.2 Å². The monoisotopic (exact) mass is 517 g/mol. The van der Waals surface area contributed by atoms with Gasteiger partial charge in [0.15, 0.2) is 5.82 Å². The number of pyridine rings is 1. The van der Waals surface area contributed by atoms with E-state index in [9.17, 15) is 18.8 Å². The van der Waals surface area contributed by atoms with Crippen LogP contribution >= 0.6 is 11.8 Å². The Balaban J connectivity index is 1.98. The molecule has 0 saturated carbocycles. The molecule has 0 radical (unpaired) electrons. The summed E-state index contributed by atoms with van der Waals surface area (Å²) in [6.45, 7) is 5.26. The minimum Gasteiger partial charge on any atom is -0.466 e. The topological polar surface area (TPSA) is 81.5 Å². The first-order chi connectivity index (χ1) is 17.2. The predicted molar refractivity (Wildman–Crippen MR) is 139 cm³/mol. The maximum Gasteiger partial charge on any atom is 0.308 e. The number of hydrogen-bond donors (Lipinski definition) is 1. The van der Waals surface area contributed by atoms with Crippen LogP contribution in [0.5, 0.6) is 0 Å². The number of ether oxygens (including phenoxy) is 1. The lowest BCUT2D eigenvalue weighted by Crippen LogP contribution is -2.31. The van der Waals surface area contributed by atoms with E-state index in [1.807, 2.05) is 49.5 Å². The number of nitrogens with one attached hydrogen (secondary N) is 1. The molecular formula is C26H33F2N5O2S. The summed E-state index contributed by atoms with van der Waals surface area (Å²) in [6, 6.07) is 9.27. The van der Waals surface area contributed by atoms with Crippen LogP contribution in [0, 0.1) is 17.2 Å². The van der Waals surface area contributed by atoms with Gasteiger partial charge in [-0.25, -0.2) is 13.8 Å². The number of aromatic nitrogens is 1. The van der Waals surface area contributed by atoms with Crippen LogP contribution in [-0.2, 0) is 16.0 Å². The van der Waals surface area contributed by atoms with Crippen molar-refractivity contribution in [3.63, 3.8) is 0 Å². The molecule has 1 unspecified atom stereocenters. The van der Waals surface area contributed by atoms with Crippen LogP contribution in [0.15, 0.2) is 29.2 Å². The summed E-state index contributed by atoms with van der Waals surface area (Å²) in [5.74, 6) is -0.0805. The van der Waals surface area contributed by atoms with Crippen LogP contribution in [0.4, 0.5) is 26.1 Å². The van der Waals surface area contributed by atoms with E-state index in [1.165, 1.54) is 17.8 Å². The molecule has 10 heteroatoms. The molecule has 2 aromatic rings. The molecule has 1 aromatic carbocycles. The number of hydrogen-bond acceptors (Lipinski definition) is 8. The second-order valence-corrected chi connectivity index (χ2v) is 9.92. The molecule has 7 nitrogen and oxygen atoms in total. The van der Waals surface area contributed by atoms with Crippen molar-refractivity contribution in [1.29, 1.82) is 5.26 Å². The van der Waals surface area contributed by atoms with Gasteiger partial charge < -0.3 is 19.9 Å². The van der Waals surface area contributed by atoms with Crippen molar-refractivity contribution in [1.82, 2.24) is 9.88 Å². The molecule has 0 bridgehead atoms. The molecule has 0 aliphatic carbocycles. The molecule has 1 aliphatic heterocycles. The molecule has 0 amide bonds. The Morgan fingerprint density at radius 2 is 2.14 bits per heavy atom. The maximum absolute atomic E-state index is 14.0. The van der Waals surface area contributed by atoms with Crippen molar-refractivity contribution in [2.45, 2.75) is 44.1 Å². The summed E-state index contributed by atoms with van der Waals surface area (Å²) in [7, 11) is 4.00. The number of rotatable bonds is 10. The standard InChI is InChI=1S/C26H33F2N5O2S/c1-6-35-26(34)16(2)11-17-7-8-22(36-5)21(12-17)30-25-20(14-29)19(24(27)28)13-23(31-25)33-10-9-18(15-33)32(3)4/h7-8,12-13,16,18,24H,6,9-11,15H2,1-5H3,(H,30,31)/t16?,18-/m0/s1. The molecule has 1 aliphatic rings. The molecular weight excluding hydrogens is 484 g/mol. The van der Waals surface area contributed by atoms with Gasteiger partial charge in [0.05, 0.1) is 18.2 Å². The number of carbonyl (C=O) groups is 1. The average Bonchev–Trinajstić information content (AvgIpc) is 3.34. The molecule has 1 fully saturated rings. The third-order valence-corrected chi connectivity index (χ3v) is 7.14. The van der Waals surface area contributed by atoms with E-state index < -0.39 is 6.43 Å². The van der Waals surface area contributed by atoms with Crippen LogP contribution in [0.2, 0.25) is 0 Å². The number of carbonyl (C=O) groups excluding carboxylic acids is 1. The van der Waals surface area contributed by atoms with Crippen LogP contribution in [0.1, 0.15) is 43.4 Å². The van der Waals surface area contributed by atoms with Crippen molar-refractivity contribution in [2.75, 3.05) is 50.3 Å². The second-order valence-electron chi connectivity index (χ2n) is 9.07. The highest BCUT2D eigenvalue weighted by Gasteiger charge is 2.28. The predicted octanol–water partition coefficient (Wildman–Crippen LogP) is 5.24. The summed E-state index contributed by atoms with van der Waals surface area (Å²) >= 11 is 1.48. The van der Waals surface area contributed by atoms with Crippen molar-refractivity contribution in [3.05, 3.63) is 41.0 Å². The van der Waals surface area contributed by atoms with Crippen LogP contribution in [-0.4, -0.2) is 61.9 Å². The molecule has 1 aromatic heterocycles. The molecule has 0 spiro atoms. The Labute approximate surface area is 215 Å². The Bertz CT molecular complexity index is 1120. The van der Waals surface area contributed by atoms with Crippen molar-refractivity contribution in [2.24, 2.45) is 5.92 Å². The zero-order valence-electron chi connectivity index (χ0n) is 21.3. The van der Waals surface area contributed by atoms with Crippen molar-refractivity contribution >= 4 is 35.1 Å². The highest BCUT2D eigenvalue weighted by Crippen LogP contribution is 2.36. The van der Waals surface area contributed by atoms with Gasteiger partial charge in [0.1, 0.15) is 17.5 Å². The first-order valence-corrected chi connectivity index (χ1v) is 13.2. The van der Waals surface area contributed by atoms with Gasteiger partial charge in [-0.1, -0.05) is 13.0 Å². The normalized spacial score (nSPS) is 16.3. The van der Waals surface area contributed by atoms with E-state index in [0.29, 0.717) is 43.7 Å². The van der Waals surface area contributed by atoms with E-state index in [0.717, 1.165) is 16.9 Å². The van der Waals surface area contributed by atoms with Gasteiger partial charge in [0, 0.05) is 29.6 Å². The number of nitrogens with zero attached hydrogens (tertiary/aromatic N) is 4. The number of alkyl halides is 2. The molecule has 194 valence electrons. The van der Waals surface area contributed by atoms with Crippen LogP contribution < -0.4 is 10.2 Å². The van der Waals surface area contributed by atoms with E-state index >= 15 is 0 Å². The Morgan fingerprint density at radius 1 is 1.39 bits per heavy atom. The zero-order valence-corrected chi connectivity index (χ0v) is 22.2. The van der Waals surface area contributed by atoms with Gasteiger partial charge in [0.2, 0.25) is 0 Å². The fourth-order valence-electron chi connectivity index (χ4n) is 4.29. The Kier molecular flexibility index (Phi) is 9.51. The minimum absolute atomic E-state index is 0.101. The fraction of sp³-hybridized carbons (Fsp3) is 0.500. The zero-order chi connectivity index (χ0) is 26.4. The lowest BCUT2D eigenvalue weighted by atomic mass is 10.0. The van der Waals surface area contributed by atoms with Crippen molar-refractivity contribution in [3.8, 4) is 6.07 Å². The first-order valence-electron chi connectivity index (χ1n) is 11.9. The lowest BCUT2D eigenvalue weighted by molar-refractivity contribution is -0.147. The number of halogens is 2. The third kappa shape index (κ3) is 6.45. The summed E-state index contributed by atoms with van der Waals surface area (Å²) in [5, 5.41) is 12.9. The Morgan fingerprint density at radius 3 is 2.72 bits per heavy atom. The fourth-order valence-corrected chi connectivity index (χ4v) is 4.83. The van der Waals surface area contributed by atoms with Gasteiger partial charge >= 0.3 is 5.97 Å². The number of thioether (sulfide) groups is 1. The maximum atomic E-state index is 14.0. The van der Waals surface area contributed by atoms with Gasteiger partial charge in [-0.15, -0.1) is 11.8 Å². The summed E-state index contributed by atoms with van der Waals surface area (Å²) in [6.07, 6.45) is 0.458. The molecule has 1 saturated heterocycles. The molecule has 1 N–H and O–H groups in total. The highest BCUT2D eigenvalue weighted by atomic mass is 32.2. The summed E-state index contributed by atoms with van der Waals surface area (Å²) in [5.41, 5.74) is 1.02. The van der Waals surface area contributed by atoms with Gasteiger partial charge in [-0.3, -0.25) is 4.79 Å². The van der Waals surface area contributed by atoms with Gasteiger partial charge in [0.25, 0.3) is 6.43 Å². The largest absolute Gasteiger partial charge is 0.466 e. The number of benzene rings is 1. The quantitative estimate of drug-likeness (QED) is 0.339. The number of likely N-dealkylation sites (N-methyl/N-ethyl adjacent to an activating group) is 1. The SMILES string of the molecule is CCOC(=O)C(C)Cc1ccc(SC)c(Nc2nc(N3CC[C@H](N(C)C)C3)cc(C(F)F)c2C#N)c1. The Hall–Kier alpha value is -2.90. The summed E-state index contributed by atoms with van der Waals surface area (Å²) in [4.78, 5) is 21.7. The highest BCUT2D eigenvalue weighted by molar-refractivity contribution is 7.98. The van der Waals surface area contributed by atoms with Crippen LogP contribution in [0.3, 0.4) is 0 Å². The molecule has 3 rings (SSSR count). The second kappa shape index (κ2) is 12.4. The third-order valence-electron chi connectivity index (χ3n) is 6.35. The van der Waals surface area contributed by atoms with Gasteiger partial charge in [-0.2, -0.15) is 5.26 Å². The molecule has 2 heterocycles. The minimum atomic E-state index is -2.81.